The minimum atomic E-state index is -0.444. The van der Waals surface area contributed by atoms with E-state index in [2.05, 4.69) is 18.6 Å². The molecule has 4 nitrogen and oxygen atoms in total. The minimum absolute atomic E-state index is 0.346. The maximum atomic E-state index is 11.4. The predicted octanol–water partition coefficient (Wildman–Crippen LogP) is 2.87. The molecule has 0 bridgehead atoms. The number of methoxy groups -OCH3 is 1. The van der Waals surface area contributed by atoms with Crippen LogP contribution < -0.4 is 10.5 Å². The number of rotatable bonds is 6. The largest absolute Gasteiger partial charge is 0.494 e. The summed E-state index contributed by atoms with van der Waals surface area (Å²) in [5, 5.41) is 0. The van der Waals surface area contributed by atoms with Gasteiger partial charge >= 0.3 is 5.97 Å². The summed E-state index contributed by atoms with van der Waals surface area (Å²) in [5.41, 5.74) is 6.45. The summed E-state index contributed by atoms with van der Waals surface area (Å²) in [5.74, 6) is 0.874. The summed E-state index contributed by atoms with van der Waals surface area (Å²) in [4.78, 5) is 11.4. The lowest BCUT2D eigenvalue weighted by molar-refractivity contribution is 0.0601. The summed E-state index contributed by atoms with van der Waals surface area (Å²) >= 11 is 0. The molecule has 0 heterocycles. The molecular weight excluding hydrogens is 230 g/mol. The Morgan fingerprint density at radius 3 is 2.72 bits per heavy atom. The Balaban J connectivity index is 2.59. The van der Waals surface area contributed by atoms with Crippen molar-refractivity contribution in [2.75, 3.05) is 19.5 Å². The molecule has 2 N–H and O–H groups in total. The second-order valence-corrected chi connectivity index (χ2v) is 4.63. The predicted molar refractivity (Wildman–Crippen MR) is 71.8 cm³/mol. The van der Waals surface area contributed by atoms with E-state index in [-0.39, 0.29) is 0 Å². The van der Waals surface area contributed by atoms with Gasteiger partial charge in [0.2, 0.25) is 0 Å². The van der Waals surface area contributed by atoms with Gasteiger partial charge in [0.05, 0.1) is 19.3 Å². The molecule has 18 heavy (non-hydrogen) atoms. The highest BCUT2D eigenvalue weighted by molar-refractivity contribution is 5.95. The molecule has 0 radical (unpaired) electrons. The highest BCUT2D eigenvalue weighted by Gasteiger charge is 2.11. The number of carbonyl (C=O) groups is 1. The smallest absolute Gasteiger partial charge is 0.340 e. The second kappa shape index (κ2) is 6.89. The summed E-state index contributed by atoms with van der Waals surface area (Å²) < 4.78 is 10.2. The van der Waals surface area contributed by atoms with E-state index in [1.165, 1.54) is 7.11 Å². The Labute approximate surface area is 108 Å². The van der Waals surface area contributed by atoms with Gasteiger partial charge in [-0.2, -0.15) is 0 Å². The van der Waals surface area contributed by atoms with Crippen molar-refractivity contribution in [2.24, 2.45) is 5.92 Å². The maximum Gasteiger partial charge on any atom is 0.340 e. The minimum Gasteiger partial charge on any atom is -0.494 e. The van der Waals surface area contributed by atoms with E-state index in [0.29, 0.717) is 29.5 Å². The van der Waals surface area contributed by atoms with Crippen LogP contribution in [0.3, 0.4) is 0 Å². The molecule has 0 atom stereocenters. The lowest BCUT2D eigenvalue weighted by Crippen LogP contribution is -2.06. The van der Waals surface area contributed by atoms with Crippen molar-refractivity contribution in [3.63, 3.8) is 0 Å². The summed E-state index contributed by atoms with van der Waals surface area (Å²) in [6, 6.07) is 5.04. The SMILES string of the molecule is COC(=O)c1cc(OCCCC(C)C)ccc1N. The number of esters is 1. The standard InChI is InChI=1S/C14H21NO3/c1-10(2)5-4-8-18-11-6-7-13(15)12(9-11)14(16)17-3/h6-7,9-10H,4-5,8,15H2,1-3H3. The van der Waals surface area contributed by atoms with E-state index < -0.39 is 5.97 Å². The molecule has 1 rings (SSSR count). The van der Waals surface area contributed by atoms with E-state index >= 15 is 0 Å². The molecule has 0 spiro atoms. The van der Waals surface area contributed by atoms with Gasteiger partial charge in [0.1, 0.15) is 5.75 Å². The van der Waals surface area contributed by atoms with Crippen molar-refractivity contribution in [1.82, 2.24) is 0 Å². The summed E-state index contributed by atoms with van der Waals surface area (Å²) in [6.07, 6.45) is 2.12. The molecule has 0 saturated carbocycles. The van der Waals surface area contributed by atoms with Gasteiger partial charge in [0.25, 0.3) is 0 Å². The van der Waals surface area contributed by atoms with E-state index in [1.54, 1.807) is 18.2 Å². The topological polar surface area (TPSA) is 61.5 Å². The monoisotopic (exact) mass is 251 g/mol. The summed E-state index contributed by atoms with van der Waals surface area (Å²) in [7, 11) is 1.33. The van der Waals surface area contributed by atoms with Gasteiger partial charge in [-0.25, -0.2) is 4.79 Å². The molecule has 0 amide bonds. The van der Waals surface area contributed by atoms with Crippen LogP contribution in [0.15, 0.2) is 18.2 Å². The Kier molecular flexibility index (Phi) is 5.49. The van der Waals surface area contributed by atoms with Gasteiger partial charge in [-0.15, -0.1) is 0 Å². The molecule has 1 aromatic carbocycles. The van der Waals surface area contributed by atoms with Gasteiger partial charge in [0.15, 0.2) is 0 Å². The van der Waals surface area contributed by atoms with E-state index in [0.717, 1.165) is 12.8 Å². The number of hydrogen-bond acceptors (Lipinski definition) is 4. The number of nitrogen functional groups attached to an aromatic ring is 1. The van der Waals surface area contributed by atoms with Crippen molar-refractivity contribution < 1.29 is 14.3 Å². The number of hydrogen-bond donors (Lipinski definition) is 1. The van der Waals surface area contributed by atoms with Gasteiger partial charge in [-0.05, 0) is 37.0 Å². The lowest BCUT2D eigenvalue weighted by Gasteiger charge is -2.10. The molecule has 0 aliphatic heterocycles. The maximum absolute atomic E-state index is 11.4. The lowest BCUT2D eigenvalue weighted by atomic mass is 10.1. The van der Waals surface area contributed by atoms with Crippen LogP contribution in [0, 0.1) is 5.92 Å². The zero-order valence-corrected chi connectivity index (χ0v) is 11.2. The third-order valence-electron chi connectivity index (χ3n) is 2.62. The highest BCUT2D eigenvalue weighted by atomic mass is 16.5. The molecule has 0 unspecified atom stereocenters. The van der Waals surface area contributed by atoms with Crippen LogP contribution in [0.1, 0.15) is 37.0 Å². The first-order chi connectivity index (χ1) is 8.54. The van der Waals surface area contributed by atoms with Crippen LogP contribution in [0.4, 0.5) is 5.69 Å². The van der Waals surface area contributed by atoms with Gasteiger partial charge in [-0.3, -0.25) is 0 Å². The van der Waals surface area contributed by atoms with E-state index in [9.17, 15) is 4.79 Å². The fraction of sp³-hybridized carbons (Fsp3) is 0.500. The quantitative estimate of drug-likeness (QED) is 0.480. The Hall–Kier alpha value is -1.71. The van der Waals surface area contributed by atoms with Crippen molar-refractivity contribution in [2.45, 2.75) is 26.7 Å². The highest BCUT2D eigenvalue weighted by Crippen LogP contribution is 2.20. The average molecular weight is 251 g/mol. The van der Waals surface area contributed by atoms with Crippen molar-refractivity contribution >= 4 is 11.7 Å². The molecule has 0 aliphatic rings. The third-order valence-corrected chi connectivity index (χ3v) is 2.62. The number of carbonyl (C=O) groups excluding carboxylic acids is 1. The third kappa shape index (κ3) is 4.28. The molecule has 0 fully saturated rings. The number of ether oxygens (including phenoxy) is 2. The Morgan fingerprint density at radius 2 is 2.11 bits per heavy atom. The second-order valence-electron chi connectivity index (χ2n) is 4.63. The molecule has 0 saturated heterocycles. The average Bonchev–Trinajstić information content (AvgIpc) is 2.35. The Morgan fingerprint density at radius 1 is 1.39 bits per heavy atom. The first kappa shape index (κ1) is 14.4. The fourth-order valence-corrected chi connectivity index (χ4v) is 1.59. The van der Waals surface area contributed by atoms with Crippen LogP contribution >= 0.6 is 0 Å². The van der Waals surface area contributed by atoms with Gasteiger partial charge < -0.3 is 15.2 Å². The first-order valence-corrected chi connectivity index (χ1v) is 6.15. The van der Waals surface area contributed by atoms with E-state index in [4.69, 9.17) is 10.5 Å². The van der Waals surface area contributed by atoms with Gasteiger partial charge in [-0.1, -0.05) is 13.8 Å². The number of nitrogens with two attached hydrogens (primary N) is 1. The number of benzene rings is 1. The molecule has 1 aromatic rings. The molecule has 100 valence electrons. The van der Waals surface area contributed by atoms with Crippen molar-refractivity contribution in [3.8, 4) is 5.75 Å². The van der Waals surface area contributed by atoms with Crippen LogP contribution in [0.5, 0.6) is 5.75 Å². The Bertz CT molecular complexity index is 402. The van der Waals surface area contributed by atoms with Crippen LogP contribution in [0.2, 0.25) is 0 Å². The van der Waals surface area contributed by atoms with Crippen LogP contribution in [-0.4, -0.2) is 19.7 Å². The normalized spacial score (nSPS) is 10.4. The molecule has 4 heteroatoms. The first-order valence-electron chi connectivity index (χ1n) is 6.15. The zero-order valence-electron chi connectivity index (χ0n) is 11.2. The van der Waals surface area contributed by atoms with Crippen molar-refractivity contribution in [1.29, 1.82) is 0 Å². The molecule has 0 aliphatic carbocycles. The van der Waals surface area contributed by atoms with Gasteiger partial charge in [0, 0.05) is 5.69 Å². The van der Waals surface area contributed by atoms with Crippen LogP contribution in [0.25, 0.3) is 0 Å². The number of anilines is 1. The fourth-order valence-electron chi connectivity index (χ4n) is 1.59. The summed E-state index contributed by atoms with van der Waals surface area (Å²) in [6.45, 7) is 5.00. The zero-order chi connectivity index (χ0) is 13.5. The van der Waals surface area contributed by atoms with Crippen molar-refractivity contribution in [3.05, 3.63) is 23.8 Å². The molecule has 0 aromatic heterocycles. The van der Waals surface area contributed by atoms with Crippen LogP contribution in [-0.2, 0) is 4.74 Å². The van der Waals surface area contributed by atoms with E-state index in [1.807, 2.05) is 0 Å². The molecular formula is C14H21NO3.